The molecule has 0 amide bonds. The molecule has 0 saturated carbocycles. The highest BCUT2D eigenvalue weighted by atomic mass is 16.5. The third kappa shape index (κ3) is 3.59. The fourth-order valence-corrected chi connectivity index (χ4v) is 2.21. The first kappa shape index (κ1) is 14.1. The van der Waals surface area contributed by atoms with Crippen molar-refractivity contribution < 1.29 is 14.2 Å². The molecule has 1 heterocycles. The van der Waals surface area contributed by atoms with Crippen LogP contribution in [0.1, 0.15) is 18.5 Å². The molecule has 0 aromatic heterocycles. The highest BCUT2D eigenvalue weighted by molar-refractivity contribution is 5.42. The largest absolute Gasteiger partial charge is 0.497 e. The van der Waals surface area contributed by atoms with Gasteiger partial charge in [0.2, 0.25) is 0 Å². The zero-order valence-electron chi connectivity index (χ0n) is 11.8. The Morgan fingerprint density at radius 3 is 2.58 bits per heavy atom. The van der Waals surface area contributed by atoms with Crippen LogP contribution in [0.2, 0.25) is 0 Å². The van der Waals surface area contributed by atoms with Crippen LogP contribution in [0.4, 0.5) is 0 Å². The van der Waals surface area contributed by atoms with Crippen molar-refractivity contribution in [3.05, 3.63) is 23.8 Å². The zero-order chi connectivity index (χ0) is 13.7. The number of nitrogens with zero attached hydrogens (tertiary/aromatic N) is 1. The Kier molecular flexibility index (Phi) is 5.01. The number of hydrazine groups is 1. The van der Waals surface area contributed by atoms with Crippen LogP contribution in [0.5, 0.6) is 11.5 Å². The zero-order valence-corrected chi connectivity index (χ0v) is 11.8. The summed E-state index contributed by atoms with van der Waals surface area (Å²) in [5.74, 6) is 1.65. The van der Waals surface area contributed by atoms with E-state index in [1.54, 1.807) is 14.2 Å². The lowest BCUT2D eigenvalue weighted by atomic mass is 10.1. The molecule has 1 unspecified atom stereocenters. The van der Waals surface area contributed by atoms with Gasteiger partial charge in [-0.15, -0.1) is 0 Å². The number of morpholine rings is 1. The molecule has 5 heteroatoms. The minimum absolute atomic E-state index is 0.180. The van der Waals surface area contributed by atoms with Crippen LogP contribution >= 0.6 is 0 Å². The maximum absolute atomic E-state index is 5.43. The van der Waals surface area contributed by atoms with Crippen molar-refractivity contribution in [2.45, 2.75) is 13.0 Å². The van der Waals surface area contributed by atoms with Crippen molar-refractivity contribution in [2.24, 2.45) is 0 Å². The molecule has 106 valence electrons. The molecule has 1 atom stereocenters. The Balaban J connectivity index is 2.06. The predicted octanol–water partition coefficient (Wildman–Crippen LogP) is 1.60. The first-order valence-corrected chi connectivity index (χ1v) is 6.55. The Morgan fingerprint density at radius 2 is 1.95 bits per heavy atom. The van der Waals surface area contributed by atoms with Crippen molar-refractivity contribution >= 4 is 0 Å². The summed E-state index contributed by atoms with van der Waals surface area (Å²) < 4.78 is 16.0. The molecule has 0 bridgehead atoms. The summed E-state index contributed by atoms with van der Waals surface area (Å²) in [4.78, 5) is 0. The third-order valence-electron chi connectivity index (χ3n) is 3.29. The number of nitrogens with one attached hydrogen (secondary N) is 1. The Morgan fingerprint density at radius 1 is 1.21 bits per heavy atom. The van der Waals surface area contributed by atoms with Gasteiger partial charge < -0.3 is 14.2 Å². The van der Waals surface area contributed by atoms with E-state index in [-0.39, 0.29) is 6.04 Å². The predicted molar refractivity (Wildman–Crippen MR) is 73.5 cm³/mol. The Bertz CT molecular complexity index is 406. The molecule has 0 radical (unpaired) electrons. The normalized spacial score (nSPS) is 18.1. The molecule has 1 fully saturated rings. The molecule has 1 saturated heterocycles. The first-order valence-electron chi connectivity index (χ1n) is 6.55. The van der Waals surface area contributed by atoms with Crippen molar-refractivity contribution in [1.29, 1.82) is 0 Å². The molecule has 19 heavy (non-hydrogen) atoms. The van der Waals surface area contributed by atoms with E-state index in [1.807, 2.05) is 18.2 Å². The topological polar surface area (TPSA) is 43.0 Å². The minimum atomic E-state index is 0.180. The molecular weight excluding hydrogens is 244 g/mol. The highest BCUT2D eigenvalue weighted by Crippen LogP contribution is 2.29. The van der Waals surface area contributed by atoms with Gasteiger partial charge in [-0.2, -0.15) is 0 Å². The fraction of sp³-hybridized carbons (Fsp3) is 0.571. The van der Waals surface area contributed by atoms with Gasteiger partial charge in [0.25, 0.3) is 0 Å². The van der Waals surface area contributed by atoms with Crippen molar-refractivity contribution in [2.75, 3.05) is 40.5 Å². The summed E-state index contributed by atoms with van der Waals surface area (Å²) in [5.41, 5.74) is 4.60. The molecule has 2 rings (SSSR count). The van der Waals surface area contributed by atoms with Crippen molar-refractivity contribution in [3.8, 4) is 11.5 Å². The van der Waals surface area contributed by atoms with Gasteiger partial charge >= 0.3 is 0 Å². The number of hydrogen-bond donors (Lipinski definition) is 1. The number of methoxy groups -OCH3 is 2. The van der Waals surface area contributed by atoms with Gasteiger partial charge in [-0.05, 0) is 13.0 Å². The van der Waals surface area contributed by atoms with Crippen molar-refractivity contribution in [1.82, 2.24) is 10.4 Å². The molecule has 1 aromatic carbocycles. The smallest absolute Gasteiger partial charge is 0.127 e. The summed E-state index contributed by atoms with van der Waals surface area (Å²) in [6.45, 7) is 5.49. The van der Waals surface area contributed by atoms with Crippen molar-refractivity contribution in [3.63, 3.8) is 0 Å². The van der Waals surface area contributed by atoms with Gasteiger partial charge in [0, 0.05) is 30.8 Å². The summed E-state index contributed by atoms with van der Waals surface area (Å²) in [7, 11) is 3.34. The van der Waals surface area contributed by atoms with E-state index in [9.17, 15) is 0 Å². The minimum Gasteiger partial charge on any atom is -0.497 e. The second-order valence-corrected chi connectivity index (χ2v) is 4.56. The molecule has 0 spiro atoms. The standard InChI is InChI=1S/C14H22N2O3/c1-11(15-16-6-8-19-9-7-16)13-5-4-12(17-2)10-14(13)18-3/h4-5,10-11,15H,6-9H2,1-3H3. The molecular formula is C14H22N2O3. The molecule has 1 N–H and O–H groups in total. The van der Waals surface area contributed by atoms with Crippen LogP contribution in [-0.4, -0.2) is 45.5 Å². The van der Waals surface area contributed by atoms with Crippen LogP contribution in [0.3, 0.4) is 0 Å². The molecule has 1 aliphatic rings. The van der Waals surface area contributed by atoms with E-state index in [2.05, 4.69) is 17.4 Å². The Labute approximate surface area is 114 Å². The average Bonchev–Trinajstić information content (AvgIpc) is 2.47. The fourth-order valence-electron chi connectivity index (χ4n) is 2.21. The first-order chi connectivity index (χ1) is 9.24. The van der Waals surface area contributed by atoms with Gasteiger partial charge in [-0.1, -0.05) is 6.07 Å². The van der Waals surface area contributed by atoms with Gasteiger partial charge in [-0.25, -0.2) is 10.4 Å². The average molecular weight is 266 g/mol. The monoisotopic (exact) mass is 266 g/mol. The lowest BCUT2D eigenvalue weighted by Crippen LogP contribution is -2.46. The molecule has 1 aromatic rings. The van der Waals surface area contributed by atoms with Crippen LogP contribution < -0.4 is 14.9 Å². The summed E-state index contributed by atoms with van der Waals surface area (Å²) >= 11 is 0. The molecule has 5 nitrogen and oxygen atoms in total. The summed E-state index contributed by atoms with van der Waals surface area (Å²) in [5, 5.41) is 2.19. The van der Waals surface area contributed by atoms with E-state index in [1.165, 1.54) is 0 Å². The van der Waals surface area contributed by atoms with Gasteiger partial charge in [0.15, 0.2) is 0 Å². The van der Waals surface area contributed by atoms with Crippen LogP contribution in [-0.2, 0) is 4.74 Å². The quantitative estimate of drug-likeness (QED) is 0.877. The van der Waals surface area contributed by atoms with Crippen LogP contribution in [0.25, 0.3) is 0 Å². The summed E-state index contributed by atoms with van der Waals surface area (Å²) in [6, 6.07) is 6.08. The second-order valence-electron chi connectivity index (χ2n) is 4.56. The lowest BCUT2D eigenvalue weighted by Gasteiger charge is -2.30. The van der Waals surface area contributed by atoms with E-state index < -0.39 is 0 Å². The number of hydrogen-bond acceptors (Lipinski definition) is 5. The van der Waals surface area contributed by atoms with Gasteiger partial charge in [0.05, 0.1) is 27.4 Å². The highest BCUT2D eigenvalue weighted by Gasteiger charge is 2.17. The number of rotatable bonds is 5. The van der Waals surface area contributed by atoms with Gasteiger partial charge in [0.1, 0.15) is 11.5 Å². The van der Waals surface area contributed by atoms with Crippen LogP contribution in [0.15, 0.2) is 18.2 Å². The third-order valence-corrected chi connectivity index (χ3v) is 3.29. The SMILES string of the molecule is COc1ccc(C(C)NN2CCOCC2)c(OC)c1. The van der Waals surface area contributed by atoms with E-state index in [0.717, 1.165) is 43.4 Å². The van der Waals surface area contributed by atoms with E-state index in [0.29, 0.717) is 0 Å². The molecule has 0 aliphatic carbocycles. The van der Waals surface area contributed by atoms with E-state index >= 15 is 0 Å². The van der Waals surface area contributed by atoms with Crippen LogP contribution in [0, 0.1) is 0 Å². The number of benzene rings is 1. The second kappa shape index (κ2) is 6.75. The van der Waals surface area contributed by atoms with E-state index in [4.69, 9.17) is 14.2 Å². The van der Waals surface area contributed by atoms with Gasteiger partial charge in [-0.3, -0.25) is 0 Å². The summed E-state index contributed by atoms with van der Waals surface area (Å²) in [6.07, 6.45) is 0. The molecule has 1 aliphatic heterocycles. The lowest BCUT2D eigenvalue weighted by molar-refractivity contribution is 0.00469. The maximum Gasteiger partial charge on any atom is 0.127 e. The Hall–Kier alpha value is -1.30. The number of ether oxygens (including phenoxy) is 3. The maximum atomic E-state index is 5.43.